The van der Waals surface area contributed by atoms with Gasteiger partial charge in [-0.15, -0.1) is 0 Å². The van der Waals surface area contributed by atoms with Crippen molar-refractivity contribution in [1.82, 2.24) is 0 Å². The number of carbonyl (C=O) groups excluding carboxylic acids is 1. The maximum absolute atomic E-state index is 11.3. The van der Waals surface area contributed by atoms with Gasteiger partial charge in [0.2, 0.25) is 5.91 Å². The molecule has 0 saturated carbocycles. The Hall–Kier alpha value is -2.24. The van der Waals surface area contributed by atoms with Crippen LogP contribution in [-0.2, 0) is 11.3 Å². The first-order valence-corrected chi connectivity index (χ1v) is 8.68. The Bertz CT molecular complexity index is 773. The van der Waals surface area contributed by atoms with Crippen LogP contribution in [0.25, 0.3) is 0 Å². The summed E-state index contributed by atoms with van der Waals surface area (Å²) in [6.07, 6.45) is 0. The van der Waals surface area contributed by atoms with Crippen molar-refractivity contribution in [2.45, 2.75) is 13.5 Å². The molecule has 0 bridgehead atoms. The van der Waals surface area contributed by atoms with Gasteiger partial charge in [0.15, 0.2) is 0 Å². The molecule has 0 aromatic heterocycles. The molecular formula is C19H22ClN3O2. The molecule has 6 heteroatoms. The van der Waals surface area contributed by atoms with Crippen molar-refractivity contribution in [2.24, 2.45) is 5.73 Å². The van der Waals surface area contributed by atoms with Crippen molar-refractivity contribution < 1.29 is 9.53 Å². The van der Waals surface area contributed by atoms with Gasteiger partial charge in [-0.05, 0) is 42.8 Å². The smallest absolute Gasteiger partial charge is 0.248 e. The van der Waals surface area contributed by atoms with Crippen LogP contribution < -0.4 is 16.0 Å². The van der Waals surface area contributed by atoms with E-state index in [1.165, 1.54) is 0 Å². The number of primary amides is 1. The monoisotopic (exact) mass is 359 g/mol. The number of halogens is 1. The highest BCUT2D eigenvalue weighted by atomic mass is 35.5. The van der Waals surface area contributed by atoms with Crippen LogP contribution in [0.3, 0.4) is 0 Å². The van der Waals surface area contributed by atoms with E-state index in [0.717, 1.165) is 53.8 Å². The van der Waals surface area contributed by atoms with Crippen LogP contribution in [0.5, 0.6) is 0 Å². The number of carbonyl (C=O) groups is 1. The third kappa shape index (κ3) is 4.06. The fraction of sp³-hybridized carbons (Fsp3) is 0.316. The number of morpholine rings is 1. The summed E-state index contributed by atoms with van der Waals surface area (Å²) in [4.78, 5) is 13.6. The summed E-state index contributed by atoms with van der Waals surface area (Å²) in [5.74, 6) is -0.412. The van der Waals surface area contributed by atoms with Crippen LogP contribution in [0.2, 0.25) is 5.02 Å². The Balaban J connectivity index is 1.79. The minimum Gasteiger partial charge on any atom is -0.381 e. The second-order valence-corrected chi connectivity index (χ2v) is 6.49. The molecule has 2 aromatic rings. The molecule has 5 nitrogen and oxygen atoms in total. The standard InChI is InChI=1S/C19H22ClN3O2/c1-13-11-14(5-6-15(13)19(21)24)22-12-16-17(20)3-2-4-18(16)23-7-9-25-10-8-23/h2-6,11,22H,7-10,12H2,1H3,(H2,21,24). The summed E-state index contributed by atoms with van der Waals surface area (Å²) in [5, 5.41) is 4.13. The lowest BCUT2D eigenvalue weighted by Crippen LogP contribution is -2.37. The molecule has 0 spiro atoms. The molecule has 1 saturated heterocycles. The second-order valence-electron chi connectivity index (χ2n) is 6.08. The lowest BCUT2D eigenvalue weighted by atomic mass is 10.1. The molecule has 1 aliphatic heterocycles. The first-order valence-electron chi connectivity index (χ1n) is 8.30. The van der Waals surface area contributed by atoms with E-state index >= 15 is 0 Å². The second kappa shape index (κ2) is 7.76. The fourth-order valence-electron chi connectivity index (χ4n) is 3.06. The van der Waals surface area contributed by atoms with Crippen LogP contribution in [-0.4, -0.2) is 32.2 Å². The molecule has 2 aromatic carbocycles. The van der Waals surface area contributed by atoms with Gasteiger partial charge in [0.1, 0.15) is 0 Å². The summed E-state index contributed by atoms with van der Waals surface area (Å²) >= 11 is 6.45. The van der Waals surface area contributed by atoms with E-state index < -0.39 is 5.91 Å². The SMILES string of the molecule is Cc1cc(NCc2c(Cl)cccc2N2CCOCC2)ccc1C(N)=O. The number of hydrogen-bond donors (Lipinski definition) is 2. The molecule has 3 rings (SSSR count). The zero-order chi connectivity index (χ0) is 17.8. The van der Waals surface area contributed by atoms with E-state index in [0.29, 0.717) is 12.1 Å². The number of ether oxygens (including phenoxy) is 1. The summed E-state index contributed by atoms with van der Waals surface area (Å²) in [5.41, 5.74) is 9.87. The van der Waals surface area contributed by atoms with Gasteiger partial charge in [0.05, 0.1) is 13.2 Å². The van der Waals surface area contributed by atoms with Gasteiger partial charge in [0, 0.05) is 47.2 Å². The van der Waals surface area contributed by atoms with Crippen LogP contribution in [0.15, 0.2) is 36.4 Å². The number of hydrogen-bond acceptors (Lipinski definition) is 4. The molecule has 25 heavy (non-hydrogen) atoms. The molecule has 1 aliphatic rings. The van der Waals surface area contributed by atoms with Crippen molar-refractivity contribution in [3.8, 4) is 0 Å². The molecule has 1 fully saturated rings. The highest BCUT2D eigenvalue weighted by molar-refractivity contribution is 6.31. The topological polar surface area (TPSA) is 67.6 Å². The van der Waals surface area contributed by atoms with Gasteiger partial charge < -0.3 is 20.7 Å². The van der Waals surface area contributed by atoms with E-state index in [4.69, 9.17) is 22.1 Å². The third-order valence-electron chi connectivity index (χ3n) is 4.41. The lowest BCUT2D eigenvalue weighted by Gasteiger charge is -2.31. The van der Waals surface area contributed by atoms with E-state index in [1.54, 1.807) is 6.07 Å². The van der Waals surface area contributed by atoms with E-state index in [2.05, 4.69) is 16.3 Å². The fourth-order valence-corrected chi connectivity index (χ4v) is 3.30. The van der Waals surface area contributed by atoms with Gasteiger partial charge in [-0.25, -0.2) is 0 Å². The van der Waals surface area contributed by atoms with Gasteiger partial charge in [-0.2, -0.15) is 0 Å². The van der Waals surface area contributed by atoms with Crippen LogP contribution in [0.1, 0.15) is 21.5 Å². The number of nitrogens with two attached hydrogens (primary N) is 1. The van der Waals surface area contributed by atoms with Gasteiger partial charge >= 0.3 is 0 Å². The molecule has 1 heterocycles. The predicted octanol–water partition coefficient (Wildman–Crippen LogP) is 3.20. The zero-order valence-corrected chi connectivity index (χ0v) is 15.0. The number of aryl methyl sites for hydroxylation is 1. The molecule has 0 aliphatic carbocycles. The molecular weight excluding hydrogens is 338 g/mol. The normalized spacial score (nSPS) is 14.4. The Labute approximate surface area is 152 Å². The van der Waals surface area contributed by atoms with Gasteiger partial charge in [-0.1, -0.05) is 17.7 Å². The van der Waals surface area contributed by atoms with Gasteiger partial charge in [0.25, 0.3) is 0 Å². The molecule has 132 valence electrons. The first kappa shape index (κ1) is 17.6. The third-order valence-corrected chi connectivity index (χ3v) is 4.76. The number of rotatable bonds is 5. The predicted molar refractivity (Wildman–Crippen MR) is 102 cm³/mol. The molecule has 0 radical (unpaired) electrons. The van der Waals surface area contributed by atoms with E-state index in [1.807, 2.05) is 31.2 Å². The first-order chi connectivity index (χ1) is 12.1. The maximum atomic E-state index is 11.3. The summed E-state index contributed by atoms with van der Waals surface area (Å²) in [6, 6.07) is 11.5. The van der Waals surface area contributed by atoms with Crippen LogP contribution >= 0.6 is 11.6 Å². The Kier molecular flexibility index (Phi) is 5.46. The number of anilines is 2. The molecule has 1 amide bonds. The number of nitrogens with one attached hydrogen (secondary N) is 1. The Morgan fingerprint density at radius 1 is 1.28 bits per heavy atom. The van der Waals surface area contributed by atoms with Crippen LogP contribution in [0.4, 0.5) is 11.4 Å². The lowest BCUT2D eigenvalue weighted by molar-refractivity contribution is 0.0999. The van der Waals surface area contributed by atoms with Crippen molar-refractivity contribution in [1.29, 1.82) is 0 Å². The van der Waals surface area contributed by atoms with Crippen LogP contribution in [0, 0.1) is 6.92 Å². The quantitative estimate of drug-likeness (QED) is 0.860. The van der Waals surface area contributed by atoms with Crippen molar-refractivity contribution >= 4 is 28.9 Å². The highest BCUT2D eigenvalue weighted by Gasteiger charge is 2.16. The minimum absolute atomic E-state index is 0.412. The summed E-state index contributed by atoms with van der Waals surface area (Å²) in [7, 11) is 0. The van der Waals surface area contributed by atoms with E-state index in [9.17, 15) is 4.79 Å². The van der Waals surface area contributed by atoms with Crippen molar-refractivity contribution in [2.75, 3.05) is 36.5 Å². The highest BCUT2D eigenvalue weighted by Crippen LogP contribution is 2.29. The van der Waals surface area contributed by atoms with Gasteiger partial charge in [-0.3, -0.25) is 4.79 Å². The Morgan fingerprint density at radius 3 is 2.72 bits per heavy atom. The summed E-state index contributed by atoms with van der Waals surface area (Å²) < 4.78 is 5.44. The molecule has 0 atom stereocenters. The number of amides is 1. The molecule has 3 N–H and O–H groups in total. The number of benzene rings is 2. The molecule has 0 unspecified atom stereocenters. The summed E-state index contributed by atoms with van der Waals surface area (Å²) in [6.45, 7) is 5.65. The average Bonchev–Trinajstić information content (AvgIpc) is 2.61. The largest absolute Gasteiger partial charge is 0.381 e. The van der Waals surface area contributed by atoms with Crippen molar-refractivity contribution in [3.63, 3.8) is 0 Å². The maximum Gasteiger partial charge on any atom is 0.248 e. The zero-order valence-electron chi connectivity index (χ0n) is 14.2. The van der Waals surface area contributed by atoms with E-state index in [-0.39, 0.29) is 0 Å². The minimum atomic E-state index is -0.412. The van der Waals surface area contributed by atoms with Crippen molar-refractivity contribution in [3.05, 3.63) is 58.1 Å². The average molecular weight is 360 g/mol. The Morgan fingerprint density at radius 2 is 2.04 bits per heavy atom. The number of nitrogens with zero attached hydrogens (tertiary/aromatic N) is 1.